The summed E-state index contributed by atoms with van der Waals surface area (Å²) in [6.07, 6.45) is 0.410. The fraction of sp³-hybridized carbons (Fsp3) is 0.333. The van der Waals surface area contributed by atoms with Crippen LogP contribution in [0.2, 0.25) is 0 Å². The molecule has 0 heterocycles. The zero-order valence-corrected chi connectivity index (χ0v) is 10.1. The minimum absolute atomic E-state index is 0.00794. The predicted octanol–water partition coefficient (Wildman–Crippen LogP) is 2.77. The number of alkyl halides is 1. The maximum Gasteiger partial charge on any atom is 0.239 e. The maximum atomic E-state index is 11.7. The molecule has 0 aliphatic carbocycles. The van der Waals surface area contributed by atoms with Crippen LogP contribution in [0.25, 0.3) is 0 Å². The number of hydrogen-bond acceptors (Lipinski definition) is 2. The highest BCUT2D eigenvalue weighted by molar-refractivity contribution is 6.29. The van der Waals surface area contributed by atoms with Gasteiger partial charge in [-0.2, -0.15) is 0 Å². The Morgan fingerprint density at radius 3 is 2.62 bits per heavy atom. The average molecular weight is 240 g/mol. The quantitative estimate of drug-likeness (QED) is 0.649. The van der Waals surface area contributed by atoms with Crippen molar-refractivity contribution in [3.8, 4) is 0 Å². The van der Waals surface area contributed by atoms with Crippen LogP contribution in [0.1, 0.15) is 29.3 Å². The number of aryl methyl sites for hydroxylation is 1. The Morgan fingerprint density at radius 1 is 1.38 bits per heavy atom. The van der Waals surface area contributed by atoms with Gasteiger partial charge >= 0.3 is 0 Å². The summed E-state index contributed by atoms with van der Waals surface area (Å²) in [4.78, 5) is 22.9. The molecule has 0 bridgehead atoms. The van der Waals surface area contributed by atoms with Crippen molar-refractivity contribution >= 4 is 29.0 Å². The molecule has 0 unspecified atom stereocenters. The van der Waals surface area contributed by atoms with Crippen molar-refractivity contribution in [1.82, 2.24) is 0 Å². The molecule has 0 aromatic heterocycles. The number of anilines is 1. The van der Waals surface area contributed by atoms with Gasteiger partial charge in [0.25, 0.3) is 0 Å². The largest absolute Gasteiger partial charge is 0.324 e. The zero-order chi connectivity index (χ0) is 12.1. The van der Waals surface area contributed by atoms with Gasteiger partial charge in [-0.15, -0.1) is 11.6 Å². The number of para-hydroxylation sites is 1. The predicted molar refractivity (Wildman–Crippen MR) is 65.2 cm³/mol. The van der Waals surface area contributed by atoms with E-state index in [4.69, 9.17) is 11.6 Å². The monoisotopic (exact) mass is 239 g/mol. The van der Waals surface area contributed by atoms with Crippen molar-refractivity contribution in [2.24, 2.45) is 0 Å². The molecule has 1 amide bonds. The molecule has 0 radical (unpaired) electrons. The van der Waals surface area contributed by atoms with Crippen molar-refractivity contribution in [3.63, 3.8) is 0 Å². The molecule has 0 saturated heterocycles. The third kappa shape index (κ3) is 2.83. The first-order chi connectivity index (χ1) is 7.60. The number of ketones is 1. The van der Waals surface area contributed by atoms with Crippen molar-refractivity contribution < 1.29 is 9.59 Å². The fourth-order valence-electron chi connectivity index (χ4n) is 1.43. The summed E-state index contributed by atoms with van der Waals surface area (Å²) in [5, 5.41) is 2.65. The smallest absolute Gasteiger partial charge is 0.239 e. The minimum atomic E-state index is -0.305. The highest BCUT2D eigenvalue weighted by atomic mass is 35.5. The topological polar surface area (TPSA) is 46.2 Å². The molecule has 1 aromatic carbocycles. The third-order valence-electron chi connectivity index (χ3n) is 2.28. The van der Waals surface area contributed by atoms with Crippen LogP contribution in [0.15, 0.2) is 18.2 Å². The van der Waals surface area contributed by atoms with E-state index < -0.39 is 0 Å². The number of benzene rings is 1. The fourth-order valence-corrected chi connectivity index (χ4v) is 1.50. The second kappa shape index (κ2) is 5.66. The number of rotatable bonds is 4. The van der Waals surface area contributed by atoms with Crippen LogP contribution in [-0.2, 0) is 4.79 Å². The van der Waals surface area contributed by atoms with Crippen LogP contribution in [0.5, 0.6) is 0 Å². The van der Waals surface area contributed by atoms with Crippen LogP contribution in [-0.4, -0.2) is 17.6 Å². The summed E-state index contributed by atoms with van der Waals surface area (Å²) in [7, 11) is 0. The van der Waals surface area contributed by atoms with Crippen LogP contribution < -0.4 is 5.32 Å². The molecule has 16 heavy (non-hydrogen) atoms. The number of halogens is 1. The number of carbonyl (C=O) groups excluding carboxylic acids is 2. The van der Waals surface area contributed by atoms with E-state index in [1.54, 1.807) is 19.1 Å². The number of hydrogen-bond donors (Lipinski definition) is 1. The molecule has 1 rings (SSSR count). The molecule has 3 nitrogen and oxygen atoms in total. The van der Waals surface area contributed by atoms with Gasteiger partial charge in [-0.3, -0.25) is 9.59 Å². The Hall–Kier alpha value is -1.35. The molecule has 86 valence electrons. The van der Waals surface area contributed by atoms with Crippen LogP contribution in [0.4, 0.5) is 5.69 Å². The molecule has 0 fully saturated rings. The summed E-state index contributed by atoms with van der Waals surface area (Å²) < 4.78 is 0. The lowest BCUT2D eigenvalue weighted by molar-refractivity contribution is -0.113. The number of nitrogens with one attached hydrogen (secondary N) is 1. The van der Waals surface area contributed by atoms with Crippen LogP contribution in [0.3, 0.4) is 0 Å². The minimum Gasteiger partial charge on any atom is -0.324 e. The van der Waals surface area contributed by atoms with Gasteiger partial charge in [0.2, 0.25) is 5.91 Å². The Labute approximate surface area is 99.8 Å². The molecular formula is C12H14ClNO2. The first-order valence-electron chi connectivity index (χ1n) is 5.08. The summed E-state index contributed by atoms with van der Waals surface area (Å²) in [5.74, 6) is -0.414. The van der Waals surface area contributed by atoms with Gasteiger partial charge in [-0.25, -0.2) is 0 Å². The second-order valence-electron chi connectivity index (χ2n) is 3.46. The first-order valence-corrected chi connectivity index (χ1v) is 5.62. The zero-order valence-electron chi connectivity index (χ0n) is 9.34. The van der Waals surface area contributed by atoms with E-state index in [2.05, 4.69) is 5.32 Å². The Bertz CT molecular complexity index is 415. The van der Waals surface area contributed by atoms with E-state index >= 15 is 0 Å². The standard InChI is InChI=1S/C12H14ClNO2/c1-3-10(15)9-6-4-5-8(2)12(9)14-11(16)7-13/h4-6H,3,7H2,1-2H3,(H,14,16). The lowest BCUT2D eigenvalue weighted by Crippen LogP contribution is -2.16. The summed E-state index contributed by atoms with van der Waals surface area (Å²) in [6.45, 7) is 3.63. The van der Waals surface area contributed by atoms with Crippen LogP contribution >= 0.6 is 11.6 Å². The van der Waals surface area contributed by atoms with E-state index in [0.29, 0.717) is 17.7 Å². The Balaban J connectivity index is 3.13. The molecule has 0 atom stereocenters. The number of amides is 1. The molecule has 0 spiro atoms. The van der Waals surface area contributed by atoms with E-state index in [9.17, 15) is 9.59 Å². The molecule has 0 saturated carbocycles. The highest BCUT2D eigenvalue weighted by Crippen LogP contribution is 2.21. The van der Waals surface area contributed by atoms with Crippen molar-refractivity contribution in [1.29, 1.82) is 0 Å². The highest BCUT2D eigenvalue weighted by Gasteiger charge is 2.13. The van der Waals surface area contributed by atoms with Gasteiger partial charge in [-0.05, 0) is 18.6 Å². The molecular weight excluding hydrogens is 226 g/mol. The van der Waals surface area contributed by atoms with Gasteiger partial charge in [0, 0.05) is 12.0 Å². The van der Waals surface area contributed by atoms with E-state index in [1.807, 2.05) is 13.0 Å². The third-order valence-corrected chi connectivity index (χ3v) is 2.52. The molecule has 0 aliphatic heterocycles. The second-order valence-corrected chi connectivity index (χ2v) is 3.72. The van der Waals surface area contributed by atoms with Gasteiger partial charge in [0.15, 0.2) is 5.78 Å². The number of Topliss-reactive ketones (excluding diaryl/α,β-unsaturated/α-hetero) is 1. The average Bonchev–Trinajstić information content (AvgIpc) is 2.30. The van der Waals surface area contributed by atoms with E-state index in [1.165, 1.54) is 0 Å². The lowest BCUT2D eigenvalue weighted by Gasteiger charge is -2.11. The normalized spacial score (nSPS) is 9.94. The van der Waals surface area contributed by atoms with E-state index in [-0.39, 0.29) is 17.6 Å². The van der Waals surface area contributed by atoms with Crippen molar-refractivity contribution in [2.75, 3.05) is 11.2 Å². The van der Waals surface area contributed by atoms with Gasteiger partial charge < -0.3 is 5.32 Å². The van der Waals surface area contributed by atoms with Crippen molar-refractivity contribution in [2.45, 2.75) is 20.3 Å². The Morgan fingerprint density at radius 2 is 2.06 bits per heavy atom. The Kier molecular flexibility index (Phi) is 4.50. The maximum absolute atomic E-state index is 11.7. The van der Waals surface area contributed by atoms with Crippen molar-refractivity contribution in [3.05, 3.63) is 29.3 Å². The molecule has 1 aromatic rings. The summed E-state index contributed by atoms with van der Waals surface area (Å²) >= 11 is 5.42. The number of carbonyl (C=O) groups is 2. The molecule has 1 N–H and O–H groups in total. The molecule has 0 aliphatic rings. The lowest BCUT2D eigenvalue weighted by atomic mass is 10.0. The van der Waals surface area contributed by atoms with Gasteiger partial charge in [0.1, 0.15) is 5.88 Å². The summed E-state index contributed by atoms with van der Waals surface area (Å²) in [6, 6.07) is 5.35. The van der Waals surface area contributed by atoms with E-state index in [0.717, 1.165) is 5.56 Å². The summed E-state index contributed by atoms with van der Waals surface area (Å²) in [5.41, 5.74) is 1.97. The molecule has 4 heteroatoms. The van der Waals surface area contributed by atoms with Crippen LogP contribution in [0, 0.1) is 6.92 Å². The van der Waals surface area contributed by atoms with Gasteiger partial charge in [-0.1, -0.05) is 19.1 Å². The SMILES string of the molecule is CCC(=O)c1cccc(C)c1NC(=O)CCl. The van der Waals surface area contributed by atoms with Gasteiger partial charge in [0.05, 0.1) is 5.69 Å². The first kappa shape index (κ1) is 12.7.